The molecular formula is C32H33BrO3. The lowest BCUT2D eigenvalue weighted by Gasteiger charge is -2.23. The molecule has 4 heteroatoms. The van der Waals surface area contributed by atoms with E-state index in [4.69, 9.17) is 0 Å². The maximum atomic E-state index is 11.8. The summed E-state index contributed by atoms with van der Waals surface area (Å²) in [5.74, 6) is 1.00. The molecule has 3 atom stereocenters. The summed E-state index contributed by atoms with van der Waals surface area (Å²) >= 11 is 3.53. The van der Waals surface area contributed by atoms with Gasteiger partial charge in [0.25, 0.3) is 5.43 Å². The van der Waals surface area contributed by atoms with E-state index in [0.717, 1.165) is 36.6 Å². The highest BCUT2D eigenvalue weighted by molar-refractivity contribution is 9.10. The normalized spacial score (nSPS) is 14.0. The zero-order valence-corrected chi connectivity index (χ0v) is 22.5. The molecule has 1 N–H and O–H groups in total. The fraction of sp³-hybridized carbons (Fsp3) is 0.312. The molecule has 0 aliphatic heterocycles. The third kappa shape index (κ3) is 5.87. The predicted octanol–water partition coefficient (Wildman–Crippen LogP) is 8.06. The highest BCUT2D eigenvalue weighted by atomic mass is 79.9. The first-order valence-corrected chi connectivity index (χ1v) is 13.6. The summed E-state index contributed by atoms with van der Waals surface area (Å²) < 4.78 is 1.11. The number of hydrogen-bond acceptors (Lipinski definition) is 3. The Kier molecular flexibility index (Phi) is 8.58. The zero-order valence-electron chi connectivity index (χ0n) is 20.9. The van der Waals surface area contributed by atoms with Crippen LogP contribution in [0.3, 0.4) is 0 Å². The van der Waals surface area contributed by atoms with E-state index >= 15 is 0 Å². The molecule has 4 aromatic carbocycles. The number of hydrogen-bond donors (Lipinski definition) is 1. The average molecular weight is 546 g/mol. The average Bonchev–Trinajstić information content (AvgIpc) is 2.92. The van der Waals surface area contributed by atoms with Gasteiger partial charge in [0.05, 0.1) is 5.56 Å². The first kappa shape index (κ1) is 26.1. The number of benzene rings is 3. The molecule has 3 nitrogen and oxygen atoms in total. The quantitative estimate of drug-likeness (QED) is 0.194. The van der Waals surface area contributed by atoms with Crippen LogP contribution in [0.2, 0.25) is 0 Å². The Bertz CT molecular complexity index is 1330. The summed E-state index contributed by atoms with van der Waals surface area (Å²) in [5.41, 5.74) is 3.38. The Morgan fingerprint density at radius 3 is 1.86 bits per heavy atom. The number of aromatic hydroxyl groups is 1. The lowest BCUT2D eigenvalue weighted by molar-refractivity contribution is 0.465. The van der Waals surface area contributed by atoms with Crippen LogP contribution in [0.25, 0.3) is 11.1 Å². The summed E-state index contributed by atoms with van der Waals surface area (Å²) in [4.78, 5) is 23.2. The minimum absolute atomic E-state index is 0.142. The molecule has 0 aliphatic carbocycles. The second-order valence-corrected chi connectivity index (χ2v) is 10.7. The van der Waals surface area contributed by atoms with E-state index < -0.39 is 16.6 Å². The van der Waals surface area contributed by atoms with Crippen molar-refractivity contribution in [3.05, 3.63) is 120 Å². The van der Waals surface area contributed by atoms with Crippen LogP contribution in [-0.4, -0.2) is 5.11 Å². The highest BCUT2D eigenvalue weighted by Gasteiger charge is 2.22. The van der Waals surface area contributed by atoms with Gasteiger partial charge in [-0.05, 0) is 84.2 Å². The van der Waals surface area contributed by atoms with Crippen LogP contribution in [0, 0.1) is 0 Å². The van der Waals surface area contributed by atoms with Gasteiger partial charge in [0.2, 0.25) is 5.43 Å². The minimum Gasteiger partial charge on any atom is -0.503 e. The van der Waals surface area contributed by atoms with Crippen LogP contribution >= 0.6 is 15.9 Å². The van der Waals surface area contributed by atoms with Gasteiger partial charge in [-0.25, -0.2) is 0 Å². The van der Waals surface area contributed by atoms with Gasteiger partial charge in [-0.2, -0.15) is 0 Å². The monoisotopic (exact) mass is 544 g/mol. The van der Waals surface area contributed by atoms with Crippen LogP contribution in [0.15, 0.2) is 92.9 Å². The number of rotatable bonds is 11. The first-order chi connectivity index (χ1) is 17.4. The fourth-order valence-corrected chi connectivity index (χ4v) is 5.45. The van der Waals surface area contributed by atoms with Crippen molar-refractivity contribution >= 4 is 15.9 Å². The van der Waals surface area contributed by atoms with Crippen molar-refractivity contribution in [2.24, 2.45) is 0 Å². The summed E-state index contributed by atoms with van der Waals surface area (Å²) in [7, 11) is 0. The molecule has 186 valence electrons. The van der Waals surface area contributed by atoms with E-state index in [9.17, 15) is 14.7 Å². The van der Waals surface area contributed by atoms with Crippen molar-refractivity contribution in [3.63, 3.8) is 0 Å². The van der Waals surface area contributed by atoms with E-state index in [0.29, 0.717) is 23.3 Å². The second kappa shape index (κ2) is 11.8. The van der Waals surface area contributed by atoms with E-state index in [-0.39, 0.29) is 5.56 Å². The molecule has 0 saturated carbocycles. The van der Waals surface area contributed by atoms with E-state index in [1.54, 1.807) is 0 Å². The van der Waals surface area contributed by atoms with Gasteiger partial charge in [-0.15, -0.1) is 0 Å². The van der Waals surface area contributed by atoms with Gasteiger partial charge in [-0.1, -0.05) is 96.5 Å². The molecule has 3 unspecified atom stereocenters. The third-order valence-electron chi connectivity index (χ3n) is 7.57. The highest BCUT2D eigenvalue weighted by Crippen LogP contribution is 2.36. The molecule has 0 spiro atoms. The maximum absolute atomic E-state index is 11.8. The van der Waals surface area contributed by atoms with Crippen LogP contribution in [0.4, 0.5) is 0 Å². The topological polar surface area (TPSA) is 54.4 Å². The van der Waals surface area contributed by atoms with Gasteiger partial charge in [0.15, 0.2) is 5.75 Å². The molecule has 0 fully saturated rings. The van der Waals surface area contributed by atoms with Gasteiger partial charge in [0, 0.05) is 4.47 Å². The maximum Gasteiger partial charge on any atom is 0.268 e. The van der Waals surface area contributed by atoms with Crippen molar-refractivity contribution in [1.29, 1.82) is 0 Å². The first-order valence-electron chi connectivity index (χ1n) is 12.8. The van der Waals surface area contributed by atoms with E-state index in [2.05, 4.69) is 84.4 Å². The molecule has 0 heterocycles. The lowest BCUT2D eigenvalue weighted by atomic mass is 9.82. The molecule has 0 saturated heterocycles. The summed E-state index contributed by atoms with van der Waals surface area (Å²) in [5, 5.41) is 9.76. The molecule has 0 bridgehead atoms. The molecule has 0 radical (unpaired) electrons. The SMILES string of the molecule is CCC(CCC(CCC(C)c1ccc(Br)cc1)c1ccccc1)c1ccc(-c2c(O)c(=O)c2=O)cc1. The van der Waals surface area contributed by atoms with Gasteiger partial charge in [-0.3, -0.25) is 9.59 Å². The smallest absolute Gasteiger partial charge is 0.268 e. The van der Waals surface area contributed by atoms with Crippen molar-refractivity contribution in [1.82, 2.24) is 0 Å². The Hall–Kier alpha value is -2.98. The van der Waals surface area contributed by atoms with Crippen LogP contribution in [0.1, 0.15) is 80.4 Å². The largest absolute Gasteiger partial charge is 0.503 e. The van der Waals surface area contributed by atoms with Crippen LogP contribution in [0.5, 0.6) is 5.75 Å². The standard InChI is InChI=1S/C32H33BrO3/c1-3-22(25-13-15-27(16-14-25)29-30(34)32(36)31(29)35)11-12-26(24-7-5-4-6-8-24)10-9-21(2)23-17-19-28(33)20-18-23/h4-8,13-22,26,34H,3,9-12H2,1-2H3. The van der Waals surface area contributed by atoms with Crippen molar-refractivity contribution < 1.29 is 5.11 Å². The Morgan fingerprint density at radius 2 is 1.25 bits per heavy atom. The Labute approximate surface area is 221 Å². The molecule has 0 aromatic heterocycles. The second-order valence-electron chi connectivity index (χ2n) is 9.82. The lowest BCUT2D eigenvalue weighted by Crippen LogP contribution is -2.31. The zero-order chi connectivity index (χ0) is 25.7. The molecule has 0 amide bonds. The van der Waals surface area contributed by atoms with Crippen molar-refractivity contribution in [3.8, 4) is 16.9 Å². The number of halogens is 1. The van der Waals surface area contributed by atoms with Gasteiger partial charge >= 0.3 is 0 Å². The Balaban J connectivity index is 1.43. The minimum atomic E-state index is -0.790. The summed E-state index contributed by atoms with van der Waals surface area (Å²) in [6, 6.07) is 27.3. The van der Waals surface area contributed by atoms with Gasteiger partial charge in [0.1, 0.15) is 0 Å². The van der Waals surface area contributed by atoms with Crippen molar-refractivity contribution in [2.75, 3.05) is 0 Å². The van der Waals surface area contributed by atoms with Crippen LogP contribution in [-0.2, 0) is 0 Å². The predicted molar refractivity (Wildman–Crippen MR) is 152 cm³/mol. The van der Waals surface area contributed by atoms with Crippen molar-refractivity contribution in [2.45, 2.75) is 63.7 Å². The molecule has 4 rings (SSSR count). The fourth-order valence-electron chi connectivity index (χ4n) is 5.19. The Morgan fingerprint density at radius 1 is 0.694 bits per heavy atom. The molecule has 4 aromatic rings. The molecule has 36 heavy (non-hydrogen) atoms. The summed E-state index contributed by atoms with van der Waals surface area (Å²) in [6.45, 7) is 4.53. The molecule has 0 aliphatic rings. The molecular weight excluding hydrogens is 512 g/mol. The van der Waals surface area contributed by atoms with E-state index in [1.807, 2.05) is 24.3 Å². The summed E-state index contributed by atoms with van der Waals surface area (Å²) in [6.07, 6.45) is 5.49. The van der Waals surface area contributed by atoms with E-state index in [1.165, 1.54) is 16.7 Å². The van der Waals surface area contributed by atoms with Gasteiger partial charge < -0.3 is 5.11 Å². The van der Waals surface area contributed by atoms with Crippen LogP contribution < -0.4 is 10.9 Å². The third-order valence-corrected chi connectivity index (χ3v) is 8.10.